The maximum absolute atomic E-state index is 12.1. The number of Topliss-reactive ketones (excluding diaryl/α,β-unsaturated/α-hetero) is 1. The molecule has 0 saturated carbocycles. The summed E-state index contributed by atoms with van der Waals surface area (Å²) in [5.41, 5.74) is -0.228. The molecule has 0 aromatic heterocycles. The number of hydrogen-bond donors (Lipinski definition) is 0. The van der Waals surface area contributed by atoms with Gasteiger partial charge in [0, 0.05) is 30.0 Å². The van der Waals surface area contributed by atoms with Crippen LogP contribution in [0.4, 0.5) is 0 Å². The minimum absolute atomic E-state index is 0.228. The fourth-order valence-corrected chi connectivity index (χ4v) is 1.72. The highest BCUT2D eigenvalue weighted by Crippen LogP contribution is 2.22. The minimum atomic E-state index is -0.228. The SMILES string of the molecule is CCCCCC(C=NC(C)C)CC(=O)C(C)(C)C. The molecule has 0 bridgehead atoms. The van der Waals surface area contributed by atoms with Gasteiger partial charge in [-0.3, -0.25) is 9.79 Å². The van der Waals surface area contributed by atoms with Crippen LogP contribution in [0, 0.1) is 11.3 Å². The molecule has 0 spiro atoms. The van der Waals surface area contributed by atoms with Crippen molar-refractivity contribution in [2.45, 2.75) is 79.7 Å². The van der Waals surface area contributed by atoms with Crippen molar-refractivity contribution in [1.29, 1.82) is 0 Å². The Kier molecular flexibility index (Phi) is 8.13. The number of carbonyl (C=O) groups excluding carboxylic acids is 1. The zero-order valence-electron chi connectivity index (χ0n) is 13.1. The van der Waals surface area contributed by atoms with Crippen LogP contribution in [0.5, 0.6) is 0 Å². The van der Waals surface area contributed by atoms with E-state index >= 15 is 0 Å². The van der Waals surface area contributed by atoms with Crippen molar-refractivity contribution in [3.05, 3.63) is 0 Å². The van der Waals surface area contributed by atoms with Crippen LogP contribution in [0.15, 0.2) is 4.99 Å². The first-order valence-electron chi connectivity index (χ1n) is 7.34. The summed E-state index contributed by atoms with van der Waals surface area (Å²) >= 11 is 0. The van der Waals surface area contributed by atoms with E-state index in [0.29, 0.717) is 24.2 Å². The van der Waals surface area contributed by atoms with E-state index < -0.39 is 0 Å². The lowest BCUT2D eigenvalue weighted by Gasteiger charge is -2.20. The molecule has 0 heterocycles. The van der Waals surface area contributed by atoms with Crippen molar-refractivity contribution < 1.29 is 4.79 Å². The van der Waals surface area contributed by atoms with Crippen LogP contribution in [0.25, 0.3) is 0 Å². The van der Waals surface area contributed by atoms with Crippen molar-refractivity contribution in [2.24, 2.45) is 16.3 Å². The molecular weight excluding hydrogens is 222 g/mol. The Labute approximate surface area is 113 Å². The van der Waals surface area contributed by atoms with E-state index in [9.17, 15) is 4.79 Å². The molecular formula is C16H31NO. The molecule has 0 rings (SSSR count). The lowest BCUT2D eigenvalue weighted by Crippen LogP contribution is -2.23. The first-order chi connectivity index (χ1) is 8.27. The number of nitrogens with zero attached hydrogens (tertiary/aromatic N) is 1. The third-order valence-corrected chi connectivity index (χ3v) is 3.06. The van der Waals surface area contributed by atoms with Gasteiger partial charge in [0.15, 0.2) is 0 Å². The zero-order valence-corrected chi connectivity index (χ0v) is 13.1. The largest absolute Gasteiger partial charge is 0.299 e. The Morgan fingerprint density at radius 2 is 1.83 bits per heavy atom. The highest BCUT2D eigenvalue weighted by Gasteiger charge is 2.23. The molecule has 2 nitrogen and oxygen atoms in total. The quantitative estimate of drug-likeness (QED) is 0.456. The highest BCUT2D eigenvalue weighted by atomic mass is 16.1. The number of rotatable bonds is 8. The van der Waals surface area contributed by atoms with Crippen molar-refractivity contribution in [3.8, 4) is 0 Å². The van der Waals surface area contributed by atoms with Gasteiger partial charge in [0.25, 0.3) is 0 Å². The molecule has 1 atom stereocenters. The van der Waals surface area contributed by atoms with E-state index in [1.54, 1.807) is 0 Å². The van der Waals surface area contributed by atoms with Gasteiger partial charge < -0.3 is 0 Å². The Bertz CT molecular complexity index is 261. The van der Waals surface area contributed by atoms with E-state index in [2.05, 4.69) is 25.8 Å². The Balaban J connectivity index is 4.42. The van der Waals surface area contributed by atoms with Crippen LogP contribution < -0.4 is 0 Å². The van der Waals surface area contributed by atoms with Crippen molar-refractivity contribution in [2.75, 3.05) is 0 Å². The second-order valence-electron chi connectivity index (χ2n) is 6.53. The maximum atomic E-state index is 12.1. The van der Waals surface area contributed by atoms with E-state index in [1.165, 1.54) is 19.3 Å². The van der Waals surface area contributed by atoms with Gasteiger partial charge in [0.2, 0.25) is 0 Å². The second kappa shape index (κ2) is 8.44. The fraction of sp³-hybridized carbons (Fsp3) is 0.875. The minimum Gasteiger partial charge on any atom is -0.299 e. The molecule has 0 aromatic rings. The molecule has 0 radical (unpaired) electrons. The molecule has 0 fully saturated rings. The number of unbranched alkanes of at least 4 members (excludes halogenated alkanes) is 2. The zero-order chi connectivity index (χ0) is 14.2. The Hall–Kier alpha value is -0.660. The smallest absolute Gasteiger partial charge is 0.138 e. The molecule has 18 heavy (non-hydrogen) atoms. The van der Waals surface area contributed by atoms with E-state index in [-0.39, 0.29) is 5.41 Å². The standard InChI is InChI=1S/C16H31NO/c1-7-8-9-10-14(12-17-13(2)3)11-15(18)16(4,5)6/h12-14H,7-11H2,1-6H3. The second-order valence-corrected chi connectivity index (χ2v) is 6.53. The van der Waals surface area contributed by atoms with Crippen molar-refractivity contribution in [3.63, 3.8) is 0 Å². The average molecular weight is 253 g/mol. The molecule has 0 N–H and O–H groups in total. The molecule has 0 aliphatic heterocycles. The fourth-order valence-electron chi connectivity index (χ4n) is 1.72. The summed E-state index contributed by atoms with van der Waals surface area (Å²) in [6.07, 6.45) is 7.42. The van der Waals surface area contributed by atoms with Gasteiger partial charge in [-0.1, -0.05) is 47.0 Å². The first kappa shape index (κ1) is 17.3. The topological polar surface area (TPSA) is 29.4 Å². The van der Waals surface area contributed by atoms with Gasteiger partial charge in [0.05, 0.1) is 0 Å². The Morgan fingerprint density at radius 3 is 2.28 bits per heavy atom. The molecule has 2 heteroatoms. The molecule has 0 saturated heterocycles. The van der Waals surface area contributed by atoms with Gasteiger partial charge in [0.1, 0.15) is 5.78 Å². The van der Waals surface area contributed by atoms with Crippen LogP contribution in [-0.2, 0) is 4.79 Å². The van der Waals surface area contributed by atoms with Crippen LogP contribution in [0.3, 0.4) is 0 Å². The molecule has 0 amide bonds. The van der Waals surface area contributed by atoms with E-state index in [0.717, 1.165) is 6.42 Å². The molecule has 0 aliphatic carbocycles. The third-order valence-electron chi connectivity index (χ3n) is 3.06. The summed E-state index contributed by atoms with van der Waals surface area (Å²) < 4.78 is 0. The van der Waals surface area contributed by atoms with E-state index in [4.69, 9.17) is 0 Å². The van der Waals surface area contributed by atoms with Crippen LogP contribution in [0.2, 0.25) is 0 Å². The number of ketones is 1. The Morgan fingerprint density at radius 1 is 1.22 bits per heavy atom. The molecule has 0 aromatic carbocycles. The normalized spacial score (nSPS) is 14.4. The van der Waals surface area contributed by atoms with E-state index in [1.807, 2.05) is 27.0 Å². The summed E-state index contributed by atoms with van der Waals surface area (Å²) in [5, 5.41) is 0. The van der Waals surface area contributed by atoms with Gasteiger partial charge in [-0.15, -0.1) is 0 Å². The van der Waals surface area contributed by atoms with Gasteiger partial charge in [-0.2, -0.15) is 0 Å². The van der Waals surface area contributed by atoms with Crippen LogP contribution >= 0.6 is 0 Å². The summed E-state index contributed by atoms with van der Waals surface area (Å²) in [7, 11) is 0. The van der Waals surface area contributed by atoms with Crippen molar-refractivity contribution in [1.82, 2.24) is 0 Å². The van der Waals surface area contributed by atoms with Gasteiger partial charge in [-0.05, 0) is 20.3 Å². The van der Waals surface area contributed by atoms with Crippen molar-refractivity contribution >= 4 is 12.0 Å². The van der Waals surface area contributed by atoms with Gasteiger partial charge >= 0.3 is 0 Å². The average Bonchev–Trinajstić information content (AvgIpc) is 2.24. The summed E-state index contributed by atoms with van der Waals surface area (Å²) in [6, 6.07) is 0.323. The molecule has 0 aliphatic rings. The predicted octanol–water partition coefficient (Wildman–Crippen LogP) is 4.67. The third kappa shape index (κ3) is 8.43. The lowest BCUT2D eigenvalue weighted by molar-refractivity contribution is -0.126. The molecule has 1 unspecified atom stereocenters. The number of hydrogen-bond acceptors (Lipinski definition) is 2. The molecule has 106 valence electrons. The first-order valence-corrected chi connectivity index (χ1v) is 7.34. The number of aliphatic imine (C=N–C) groups is 1. The summed E-state index contributed by atoms with van der Waals surface area (Å²) in [4.78, 5) is 16.6. The highest BCUT2D eigenvalue weighted by molar-refractivity contribution is 5.86. The van der Waals surface area contributed by atoms with Crippen LogP contribution in [-0.4, -0.2) is 18.0 Å². The summed E-state index contributed by atoms with van der Waals surface area (Å²) in [5.74, 6) is 0.671. The van der Waals surface area contributed by atoms with Gasteiger partial charge in [-0.25, -0.2) is 0 Å². The van der Waals surface area contributed by atoms with Crippen LogP contribution in [0.1, 0.15) is 73.6 Å². The number of carbonyl (C=O) groups is 1. The maximum Gasteiger partial charge on any atom is 0.138 e. The monoisotopic (exact) mass is 253 g/mol. The lowest BCUT2D eigenvalue weighted by atomic mass is 9.84. The summed E-state index contributed by atoms with van der Waals surface area (Å²) in [6.45, 7) is 12.3. The predicted molar refractivity (Wildman–Crippen MR) is 80.3 cm³/mol.